The molecule has 0 atom stereocenters. The number of hydrogen-bond donors (Lipinski definition) is 1. The Morgan fingerprint density at radius 2 is 0.884 bits per heavy atom. The van der Waals surface area contributed by atoms with E-state index in [4.69, 9.17) is 15.7 Å². The predicted molar refractivity (Wildman–Crippen MR) is 169 cm³/mol. The quantitative estimate of drug-likeness (QED) is 0.191. The zero-order chi connectivity index (χ0) is 29.4. The van der Waals surface area contributed by atoms with Crippen molar-refractivity contribution in [2.45, 2.75) is 0 Å². The number of rotatable bonds is 7. The van der Waals surface area contributed by atoms with E-state index in [2.05, 4.69) is 36.5 Å². The molecular weight excluding hydrogens is 534 g/mol. The lowest BCUT2D eigenvalue weighted by Crippen LogP contribution is -2.16. The Balaban J connectivity index is 1.42. The fourth-order valence-corrected chi connectivity index (χ4v) is 4.44. The number of benzene rings is 3. The summed E-state index contributed by atoms with van der Waals surface area (Å²) in [6.07, 6.45) is 15.1. The van der Waals surface area contributed by atoms with Crippen LogP contribution in [0.4, 0.5) is 0 Å². The van der Waals surface area contributed by atoms with Crippen molar-refractivity contribution in [2.24, 2.45) is 15.7 Å². The Kier molecular flexibility index (Phi) is 7.86. The topological polar surface area (TPSA) is 128 Å². The highest BCUT2D eigenvalue weighted by Crippen LogP contribution is 2.25. The molecule has 3 aromatic carbocycles. The highest BCUT2D eigenvalue weighted by Gasteiger charge is 2.11. The maximum absolute atomic E-state index is 6.62. The van der Waals surface area contributed by atoms with Crippen LogP contribution >= 0.6 is 0 Å². The molecule has 3 heterocycles. The maximum Gasteiger partial charge on any atom is 0.162 e. The van der Waals surface area contributed by atoms with Gasteiger partial charge in [0.25, 0.3) is 0 Å². The Morgan fingerprint density at radius 1 is 0.488 bits per heavy atom. The average Bonchev–Trinajstić information content (AvgIpc) is 3.09. The van der Waals surface area contributed by atoms with Crippen LogP contribution in [-0.2, 0) is 0 Å². The van der Waals surface area contributed by atoms with Crippen LogP contribution in [0.1, 0.15) is 16.7 Å². The largest absolute Gasteiger partial charge is 0.383 e. The van der Waals surface area contributed by atoms with Crippen molar-refractivity contribution >= 4 is 17.4 Å². The van der Waals surface area contributed by atoms with Crippen LogP contribution < -0.4 is 5.73 Å². The van der Waals surface area contributed by atoms with E-state index in [0.717, 1.165) is 50.1 Å². The van der Waals surface area contributed by atoms with Crippen molar-refractivity contribution in [3.8, 4) is 33.4 Å². The second kappa shape index (κ2) is 12.5. The highest BCUT2D eigenvalue weighted by molar-refractivity contribution is 6.12. The summed E-state index contributed by atoms with van der Waals surface area (Å²) >= 11 is 0. The first-order valence-corrected chi connectivity index (χ1v) is 13.3. The van der Waals surface area contributed by atoms with E-state index in [9.17, 15) is 0 Å². The van der Waals surface area contributed by atoms with Crippen molar-refractivity contribution in [1.82, 2.24) is 29.9 Å². The average molecular weight is 560 g/mol. The summed E-state index contributed by atoms with van der Waals surface area (Å²) in [4.78, 5) is 34.6. The lowest BCUT2D eigenvalue weighted by Gasteiger charge is -2.10. The first-order chi connectivity index (χ1) is 21.1. The fraction of sp³-hybridized carbons (Fsp3) is 0. The summed E-state index contributed by atoms with van der Waals surface area (Å²) in [6, 6.07) is 23.5. The van der Waals surface area contributed by atoms with Gasteiger partial charge in [0.15, 0.2) is 5.84 Å². The summed E-state index contributed by atoms with van der Waals surface area (Å²) in [5.41, 5.74) is 14.9. The van der Waals surface area contributed by atoms with Gasteiger partial charge in [0, 0.05) is 70.6 Å². The van der Waals surface area contributed by atoms with Gasteiger partial charge in [-0.2, -0.15) is 0 Å². The summed E-state index contributed by atoms with van der Waals surface area (Å²) in [5.74, 6) is 0.706. The molecule has 6 aromatic rings. The Morgan fingerprint density at radius 3 is 1.37 bits per heavy atom. The van der Waals surface area contributed by atoms with Crippen molar-refractivity contribution in [3.63, 3.8) is 0 Å². The second-order valence-electron chi connectivity index (χ2n) is 9.50. The maximum atomic E-state index is 6.62. The van der Waals surface area contributed by atoms with E-state index in [1.54, 1.807) is 37.2 Å². The molecule has 3 aromatic heterocycles. The van der Waals surface area contributed by atoms with Crippen LogP contribution in [0.5, 0.6) is 0 Å². The van der Waals surface area contributed by atoms with Crippen LogP contribution in [0.3, 0.4) is 0 Å². The van der Waals surface area contributed by atoms with Gasteiger partial charge in [-0.15, -0.1) is 0 Å². The van der Waals surface area contributed by atoms with E-state index in [1.807, 2.05) is 72.8 Å². The molecule has 43 heavy (non-hydrogen) atoms. The van der Waals surface area contributed by atoms with Gasteiger partial charge in [-0.1, -0.05) is 61.2 Å². The Labute approximate surface area is 248 Å². The Hall–Kier alpha value is -6.22. The van der Waals surface area contributed by atoms with E-state index in [0.29, 0.717) is 17.4 Å². The van der Waals surface area contributed by atoms with Crippen LogP contribution in [0, 0.1) is 0 Å². The molecule has 0 fully saturated rings. The van der Waals surface area contributed by atoms with E-state index >= 15 is 0 Å². The third kappa shape index (κ3) is 6.41. The number of amidine groups is 2. The summed E-state index contributed by atoms with van der Waals surface area (Å²) < 4.78 is 0. The number of hydrogen-bond acceptors (Lipinski definition) is 7. The number of aliphatic imine (C=N–C) groups is 2. The minimum Gasteiger partial charge on any atom is -0.383 e. The molecule has 0 spiro atoms. The van der Waals surface area contributed by atoms with Gasteiger partial charge in [0.1, 0.15) is 24.8 Å². The molecule has 2 N–H and O–H groups in total. The molecular formula is C34H25N9. The summed E-state index contributed by atoms with van der Waals surface area (Å²) in [5, 5.41) is 0. The van der Waals surface area contributed by atoms with E-state index < -0.39 is 0 Å². The molecule has 9 nitrogen and oxygen atoms in total. The van der Waals surface area contributed by atoms with Gasteiger partial charge < -0.3 is 5.73 Å². The molecule has 0 radical (unpaired) electrons. The minimum atomic E-state index is 0.300. The van der Waals surface area contributed by atoms with Crippen molar-refractivity contribution in [3.05, 3.63) is 152 Å². The molecule has 206 valence electrons. The second-order valence-corrected chi connectivity index (χ2v) is 9.50. The Bertz CT molecular complexity index is 1940. The highest BCUT2D eigenvalue weighted by atomic mass is 15.0. The van der Waals surface area contributed by atoms with Gasteiger partial charge in [0.2, 0.25) is 0 Å². The molecule has 0 saturated heterocycles. The van der Waals surface area contributed by atoms with Gasteiger partial charge in [-0.25, -0.2) is 39.9 Å². The van der Waals surface area contributed by atoms with Crippen molar-refractivity contribution in [2.75, 3.05) is 0 Å². The molecule has 6 rings (SSSR count). The van der Waals surface area contributed by atoms with Gasteiger partial charge in [-0.05, 0) is 34.9 Å². The normalized spacial score (nSPS) is 11.7. The number of aromatic nitrogens is 6. The van der Waals surface area contributed by atoms with E-state index in [1.165, 1.54) is 19.0 Å². The van der Waals surface area contributed by atoms with Crippen molar-refractivity contribution < 1.29 is 0 Å². The van der Waals surface area contributed by atoms with Crippen LogP contribution in [0.15, 0.2) is 146 Å². The molecule has 9 heteroatoms. The van der Waals surface area contributed by atoms with Crippen molar-refractivity contribution in [1.29, 1.82) is 0 Å². The molecule has 0 aliphatic heterocycles. The molecule has 0 aliphatic carbocycles. The zero-order valence-electron chi connectivity index (χ0n) is 23.0. The predicted octanol–water partition coefficient (Wildman–Crippen LogP) is 5.88. The van der Waals surface area contributed by atoms with Crippen LogP contribution in [-0.4, -0.2) is 41.6 Å². The fourth-order valence-electron chi connectivity index (χ4n) is 4.44. The first kappa shape index (κ1) is 27.0. The molecule has 0 saturated carbocycles. The molecule has 0 bridgehead atoms. The van der Waals surface area contributed by atoms with Crippen LogP contribution in [0.2, 0.25) is 0 Å². The SMILES string of the molecule is C=C(N=C(N=C(N)c1cccc(-c2cncnc2)c1)c1cccc(-c2cncnc2)c1)c1cccc(-c2cncnc2)c1. The number of nitrogens with two attached hydrogens (primary N) is 1. The zero-order valence-corrected chi connectivity index (χ0v) is 23.0. The summed E-state index contributed by atoms with van der Waals surface area (Å²) in [6.45, 7) is 4.28. The van der Waals surface area contributed by atoms with Gasteiger partial charge in [0.05, 0.1) is 5.70 Å². The third-order valence-electron chi connectivity index (χ3n) is 6.62. The third-order valence-corrected chi connectivity index (χ3v) is 6.62. The monoisotopic (exact) mass is 559 g/mol. The van der Waals surface area contributed by atoms with E-state index in [-0.39, 0.29) is 0 Å². The van der Waals surface area contributed by atoms with Gasteiger partial charge in [-0.3, -0.25) is 0 Å². The summed E-state index contributed by atoms with van der Waals surface area (Å²) in [7, 11) is 0. The molecule has 0 aliphatic rings. The lowest BCUT2D eigenvalue weighted by molar-refractivity contribution is 1.17. The molecule has 0 amide bonds. The minimum absolute atomic E-state index is 0.300. The van der Waals surface area contributed by atoms with Gasteiger partial charge >= 0.3 is 0 Å². The number of nitrogens with zero attached hydrogens (tertiary/aromatic N) is 8. The van der Waals surface area contributed by atoms with Crippen LogP contribution in [0.25, 0.3) is 39.1 Å². The standard InChI is InChI=1S/C34H25N9/c1-23(24-5-2-6-25(11-24)30-14-36-20-37-15-30)42-34(29-10-4-8-27(13-29)32-18-40-22-41-19-32)43-33(35)28-9-3-7-26(12-28)31-16-38-21-39-17-31/h2-22H,1H2,(H2,35,42,43). The lowest BCUT2D eigenvalue weighted by atomic mass is 10.0. The first-order valence-electron chi connectivity index (χ1n) is 13.3. The smallest absolute Gasteiger partial charge is 0.162 e. The molecule has 0 unspecified atom stereocenters.